The summed E-state index contributed by atoms with van der Waals surface area (Å²) < 4.78 is 0. The van der Waals surface area contributed by atoms with Gasteiger partial charge in [0.15, 0.2) is 0 Å². The largest absolute Gasteiger partial charge is 0.331 e. The number of nitro groups is 1. The Kier molecular flexibility index (Phi) is 9.17. The Labute approximate surface area is 246 Å². The van der Waals surface area contributed by atoms with Crippen molar-refractivity contribution in [1.82, 2.24) is 9.80 Å². The molecule has 0 spiro atoms. The van der Waals surface area contributed by atoms with Gasteiger partial charge in [0, 0.05) is 59.7 Å². The lowest BCUT2D eigenvalue weighted by Crippen LogP contribution is -2.47. The number of nitrogens with zero attached hydrogens (tertiary/aromatic N) is 3. The maximum Gasteiger partial charge on any atom is 0.269 e. The predicted molar refractivity (Wildman–Crippen MR) is 164 cm³/mol. The van der Waals surface area contributed by atoms with Crippen molar-refractivity contribution >= 4 is 23.4 Å². The Hall–Kier alpha value is -3.94. The lowest BCUT2D eigenvalue weighted by molar-refractivity contribution is -0.385. The molecule has 1 saturated heterocycles. The van der Waals surface area contributed by atoms with Gasteiger partial charge < -0.3 is 4.90 Å². The molecular weight excluding hydrogens is 530 g/mol. The average Bonchev–Trinajstić information content (AvgIpc) is 2.98. The maximum absolute atomic E-state index is 14.1. The maximum atomic E-state index is 14.1. The first-order chi connectivity index (χ1) is 19.9. The Morgan fingerprint density at radius 1 is 0.927 bits per heavy atom. The molecule has 6 nitrogen and oxygen atoms in total. The van der Waals surface area contributed by atoms with Gasteiger partial charge in [-0.2, -0.15) is 0 Å². The van der Waals surface area contributed by atoms with Gasteiger partial charge in [0.1, 0.15) is 0 Å². The molecule has 0 atom stereocenters. The Bertz CT molecular complexity index is 1500. The fraction of sp³-hybridized carbons (Fsp3) is 0.265. The molecule has 4 aromatic rings. The van der Waals surface area contributed by atoms with Gasteiger partial charge in [-0.3, -0.25) is 19.8 Å². The van der Waals surface area contributed by atoms with Crippen molar-refractivity contribution in [2.75, 3.05) is 13.1 Å². The van der Waals surface area contributed by atoms with Gasteiger partial charge in [-0.15, -0.1) is 0 Å². The average molecular weight is 566 g/mol. The summed E-state index contributed by atoms with van der Waals surface area (Å²) in [5.74, 6) is -0.0256. The summed E-state index contributed by atoms with van der Waals surface area (Å²) in [6.07, 6.45) is 1.69. The first kappa shape index (κ1) is 28.6. The molecule has 4 aromatic carbocycles. The third-order valence-electron chi connectivity index (χ3n) is 7.73. The van der Waals surface area contributed by atoms with Gasteiger partial charge in [0.05, 0.1) is 4.92 Å². The minimum absolute atomic E-state index is 0.0256. The van der Waals surface area contributed by atoms with Gasteiger partial charge in [0.2, 0.25) is 0 Å². The number of hydrogen-bond acceptors (Lipinski definition) is 5. The zero-order chi connectivity index (χ0) is 28.8. The fourth-order valence-electron chi connectivity index (χ4n) is 5.38. The quantitative estimate of drug-likeness (QED) is 0.154. The molecule has 0 aliphatic carbocycles. The summed E-state index contributed by atoms with van der Waals surface area (Å²) in [7, 11) is 0. The number of hydrogen-bond donors (Lipinski definition) is 0. The van der Waals surface area contributed by atoms with Crippen LogP contribution in [0.5, 0.6) is 0 Å². The molecule has 0 radical (unpaired) electrons. The van der Waals surface area contributed by atoms with Crippen molar-refractivity contribution in [3.63, 3.8) is 0 Å². The van der Waals surface area contributed by atoms with Crippen LogP contribution < -0.4 is 0 Å². The van der Waals surface area contributed by atoms with Crippen LogP contribution >= 0.6 is 11.8 Å². The van der Waals surface area contributed by atoms with E-state index in [1.165, 1.54) is 11.1 Å². The van der Waals surface area contributed by atoms with Crippen molar-refractivity contribution in [3.8, 4) is 0 Å². The third kappa shape index (κ3) is 7.23. The van der Waals surface area contributed by atoms with Crippen LogP contribution in [0.3, 0.4) is 0 Å². The summed E-state index contributed by atoms with van der Waals surface area (Å²) in [5, 5.41) is 11.7. The van der Waals surface area contributed by atoms with Gasteiger partial charge in [-0.05, 0) is 67.6 Å². The van der Waals surface area contributed by atoms with E-state index in [4.69, 9.17) is 0 Å². The zero-order valence-electron chi connectivity index (χ0n) is 23.5. The summed E-state index contributed by atoms with van der Waals surface area (Å²) in [6, 6.07) is 31.4. The highest BCUT2D eigenvalue weighted by Crippen LogP contribution is 2.35. The van der Waals surface area contributed by atoms with E-state index < -0.39 is 0 Å². The van der Waals surface area contributed by atoms with Crippen LogP contribution in [0.2, 0.25) is 0 Å². The standard InChI is InChI=1S/C34H35N3O3S/c1-25-12-15-31(16-13-25)41-33-17-14-30(37(39)40)22-28(33)24-36(34(38)32-11-7-6-8-26(32)2)29-18-20-35(21-19-29)23-27-9-4-3-5-10-27/h3-17,22,29H,18-21,23-24H2,1-2H3. The van der Waals surface area contributed by atoms with E-state index in [9.17, 15) is 14.9 Å². The number of carbonyl (C=O) groups is 1. The Morgan fingerprint density at radius 2 is 1.61 bits per heavy atom. The Balaban J connectivity index is 1.44. The molecule has 1 heterocycles. The molecule has 0 unspecified atom stereocenters. The van der Waals surface area contributed by atoms with Crippen molar-refractivity contribution in [1.29, 1.82) is 0 Å². The molecule has 210 valence electrons. The number of piperidine rings is 1. The molecule has 5 rings (SSSR count). The second kappa shape index (κ2) is 13.1. The molecule has 0 bridgehead atoms. The summed E-state index contributed by atoms with van der Waals surface area (Å²) in [5.41, 5.74) is 4.89. The molecule has 1 aliphatic rings. The SMILES string of the molecule is Cc1ccc(Sc2ccc([N+](=O)[O-])cc2CN(C(=O)c2ccccc2C)C2CCN(Cc3ccccc3)CC2)cc1. The van der Waals surface area contributed by atoms with Crippen molar-refractivity contribution in [2.45, 2.75) is 55.6 Å². The molecule has 7 heteroatoms. The van der Waals surface area contributed by atoms with Crippen LogP contribution in [0, 0.1) is 24.0 Å². The van der Waals surface area contributed by atoms with Crippen LogP contribution in [0.4, 0.5) is 5.69 Å². The third-order valence-corrected chi connectivity index (χ3v) is 8.85. The first-order valence-corrected chi connectivity index (χ1v) is 14.8. The number of likely N-dealkylation sites (tertiary alicyclic amines) is 1. The molecule has 0 aromatic heterocycles. The molecule has 1 fully saturated rings. The van der Waals surface area contributed by atoms with Crippen molar-refractivity contribution in [3.05, 3.63) is 135 Å². The molecule has 0 N–H and O–H groups in total. The number of amides is 1. The van der Waals surface area contributed by atoms with E-state index in [2.05, 4.69) is 53.4 Å². The topological polar surface area (TPSA) is 66.7 Å². The lowest BCUT2D eigenvalue weighted by Gasteiger charge is -2.39. The molecule has 1 amide bonds. The number of benzene rings is 4. The molecule has 1 aliphatic heterocycles. The van der Waals surface area contributed by atoms with E-state index in [0.29, 0.717) is 12.1 Å². The smallest absolute Gasteiger partial charge is 0.269 e. The van der Waals surface area contributed by atoms with E-state index in [1.54, 1.807) is 23.9 Å². The van der Waals surface area contributed by atoms with Crippen LogP contribution in [0.25, 0.3) is 0 Å². The first-order valence-electron chi connectivity index (χ1n) is 14.0. The van der Waals surface area contributed by atoms with Crippen LogP contribution in [0.1, 0.15) is 45.5 Å². The van der Waals surface area contributed by atoms with Crippen LogP contribution in [-0.4, -0.2) is 39.8 Å². The summed E-state index contributed by atoms with van der Waals surface area (Å²) in [6.45, 7) is 6.98. The predicted octanol–water partition coefficient (Wildman–Crippen LogP) is 7.67. The lowest BCUT2D eigenvalue weighted by atomic mass is 9.99. The second-order valence-electron chi connectivity index (χ2n) is 10.7. The number of rotatable bonds is 9. The van der Waals surface area contributed by atoms with Crippen LogP contribution in [0.15, 0.2) is 107 Å². The number of aryl methyl sites for hydroxylation is 2. The highest BCUT2D eigenvalue weighted by Gasteiger charge is 2.30. The monoisotopic (exact) mass is 565 g/mol. The summed E-state index contributed by atoms with van der Waals surface area (Å²) >= 11 is 1.58. The van der Waals surface area contributed by atoms with Crippen LogP contribution in [-0.2, 0) is 13.1 Å². The fourth-order valence-corrected chi connectivity index (χ4v) is 6.30. The van der Waals surface area contributed by atoms with E-state index in [0.717, 1.165) is 53.4 Å². The van der Waals surface area contributed by atoms with Crippen molar-refractivity contribution in [2.24, 2.45) is 0 Å². The highest BCUT2D eigenvalue weighted by molar-refractivity contribution is 7.99. The highest BCUT2D eigenvalue weighted by atomic mass is 32.2. The molecule has 0 saturated carbocycles. The number of non-ortho nitro benzene ring substituents is 1. The molecular formula is C34H35N3O3S. The summed E-state index contributed by atoms with van der Waals surface area (Å²) in [4.78, 5) is 31.9. The minimum Gasteiger partial charge on any atom is -0.331 e. The van der Waals surface area contributed by atoms with E-state index >= 15 is 0 Å². The van der Waals surface area contributed by atoms with Gasteiger partial charge in [-0.25, -0.2) is 0 Å². The Morgan fingerprint density at radius 3 is 2.29 bits per heavy atom. The van der Waals surface area contributed by atoms with E-state index in [1.807, 2.05) is 55.1 Å². The number of nitro benzene ring substituents is 1. The zero-order valence-corrected chi connectivity index (χ0v) is 24.3. The van der Waals surface area contributed by atoms with Crippen molar-refractivity contribution < 1.29 is 9.72 Å². The van der Waals surface area contributed by atoms with Gasteiger partial charge in [-0.1, -0.05) is 78.0 Å². The minimum atomic E-state index is -0.362. The normalized spacial score (nSPS) is 14.1. The second-order valence-corrected chi connectivity index (χ2v) is 11.8. The van der Waals surface area contributed by atoms with Gasteiger partial charge >= 0.3 is 0 Å². The number of carbonyl (C=O) groups excluding carboxylic acids is 1. The molecule has 41 heavy (non-hydrogen) atoms. The van der Waals surface area contributed by atoms with E-state index in [-0.39, 0.29) is 22.6 Å². The van der Waals surface area contributed by atoms with Gasteiger partial charge in [0.25, 0.3) is 11.6 Å².